The van der Waals surface area contributed by atoms with Gasteiger partial charge in [-0.05, 0) is 77.7 Å². The van der Waals surface area contributed by atoms with E-state index in [1.807, 2.05) is 36.4 Å². The SMILES string of the molecule is COc1ccc(Cl)cc1N(Cc1ccc(C(=O)Nc2ccc(Cc3ccncc3)cc2)cc1)S(C)(=O)=O. The molecule has 4 rings (SSSR count). The number of nitrogens with one attached hydrogen (secondary N) is 1. The molecule has 0 unspecified atom stereocenters. The van der Waals surface area contributed by atoms with Gasteiger partial charge in [0, 0.05) is 28.7 Å². The van der Waals surface area contributed by atoms with Gasteiger partial charge in [-0.3, -0.25) is 14.1 Å². The van der Waals surface area contributed by atoms with Crippen molar-refractivity contribution in [2.24, 2.45) is 0 Å². The van der Waals surface area contributed by atoms with Gasteiger partial charge in [0.15, 0.2) is 0 Å². The van der Waals surface area contributed by atoms with Crippen LogP contribution in [0, 0.1) is 0 Å². The Morgan fingerprint density at radius 1 is 0.919 bits per heavy atom. The lowest BCUT2D eigenvalue weighted by Crippen LogP contribution is -2.29. The maximum Gasteiger partial charge on any atom is 0.255 e. The standard InChI is InChI=1S/C28H26ClN3O4S/c1-36-27-12-9-24(29)18-26(27)32(37(2,34)35)19-22-3-7-23(8-4-22)28(33)31-25-10-5-20(6-11-25)17-21-13-15-30-16-14-21/h3-16,18H,17,19H2,1-2H3,(H,31,33). The number of sulfonamides is 1. The number of methoxy groups -OCH3 is 1. The van der Waals surface area contributed by atoms with Crippen LogP contribution in [-0.4, -0.2) is 32.7 Å². The fourth-order valence-corrected chi connectivity index (χ4v) is 4.86. The number of ether oxygens (including phenoxy) is 1. The highest BCUT2D eigenvalue weighted by Crippen LogP contribution is 2.34. The van der Waals surface area contributed by atoms with Crippen LogP contribution in [-0.2, 0) is 23.0 Å². The first-order valence-corrected chi connectivity index (χ1v) is 13.6. The van der Waals surface area contributed by atoms with Crippen molar-refractivity contribution in [3.8, 4) is 5.75 Å². The van der Waals surface area contributed by atoms with E-state index in [0.717, 1.165) is 23.8 Å². The number of amides is 1. The molecule has 0 bridgehead atoms. The van der Waals surface area contributed by atoms with Gasteiger partial charge in [0.2, 0.25) is 10.0 Å². The molecule has 1 heterocycles. The van der Waals surface area contributed by atoms with Gasteiger partial charge in [-0.2, -0.15) is 0 Å². The van der Waals surface area contributed by atoms with E-state index in [9.17, 15) is 13.2 Å². The van der Waals surface area contributed by atoms with E-state index in [1.54, 1.807) is 54.9 Å². The van der Waals surface area contributed by atoms with Gasteiger partial charge in [0.25, 0.3) is 5.91 Å². The molecular formula is C28H26ClN3O4S. The Morgan fingerprint density at radius 2 is 1.54 bits per heavy atom. The quantitative estimate of drug-likeness (QED) is 0.303. The van der Waals surface area contributed by atoms with Crippen molar-refractivity contribution < 1.29 is 17.9 Å². The molecule has 0 aliphatic rings. The van der Waals surface area contributed by atoms with Crippen LogP contribution in [0.2, 0.25) is 5.02 Å². The Hall–Kier alpha value is -3.88. The monoisotopic (exact) mass is 535 g/mol. The van der Waals surface area contributed by atoms with E-state index in [4.69, 9.17) is 16.3 Å². The zero-order valence-corrected chi connectivity index (χ0v) is 22.0. The molecule has 0 radical (unpaired) electrons. The number of hydrogen-bond donors (Lipinski definition) is 1. The van der Waals surface area contributed by atoms with Gasteiger partial charge in [0.1, 0.15) is 5.75 Å². The molecule has 3 aromatic carbocycles. The number of carbonyl (C=O) groups excluding carboxylic acids is 1. The molecule has 37 heavy (non-hydrogen) atoms. The predicted molar refractivity (Wildman–Crippen MR) is 147 cm³/mol. The second kappa shape index (κ2) is 11.5. The number of anilines is 2. The highest BCUT2D eigenvalue weighted by Gasteiger charge is 2.22. The lowest BCUT2D eigenvalue weighted by Gasteiger charge is -2.24. The number of rotatable bonds is 9. The van der Waals surface area contributed by atoms with Crippen molar-refractivity contribution in [2.45, 2.75) is 13.0 Å². The molecule has 0 saturated carbocycles. The molecule has 1 aromatic heterocycles. The summed E-state index contributed by atoms with van der Waals surface area (Å²) in [4.78, 5) is 16.8. The number of aromatic nitrogens is 1. The van der Waals surface area contributed by atoms with Crippen molar-refractivity contribution in [2.75, 3.05) is 23.0 Å². The number of hydrogen-bond acceptors (Lipinski definition) is 5. The summed E-state index contributed by atoms with van der Waals surface area (Å²) < 4.78 is 31.7. The van der Waals surface area contributed by atoms with Gasteiger partial charge in [-0.25, -0.2) is 8.42 Å². The third-order valence-corrected chi connectivity index (χ3v) is 7.08. The Kier molecular flexibility index (Phi) is 8.11. The van der Waals surface area contributed by atoms with Crippen LogP contribution in [0.3, 0.4) is 0 Å². The van der Waals surface area contributed by atoms with Gasteiger partial charge >= 0.3 is 0 Å². The van der Waals surface area contributed by atoms with Crippen LogP contribution in [0.5, 0.6) is 5.75 Å². The summed E-state index contributed by atoms with van der Waals surface area (Å²) in [6.07, 6.45) is 5.44. The molecule has 1 amide bonds. The van der Waals surface area contributed by atoms with Crippen molar-refractivity contribution in [3.05, 3.63) is 119 Å². The van der Waals surface area contributed by atoms with E-state index in [1.165, 1.54) is 11.4 Å². The van der Waals surface area contributed by atoms with Crippen LogP contribution < -0.4 is 14.4 Å². The molecule has 0 spiro atoms. The molecule has 0 atom stereocenters. The lowest BCUT2D eigenvalue weighted by atomic mass is 10.1. The Balaban J connectivity index is 1.44. The van der Waals surface area contributed by atoms with Crippen LogP contribution in [0.4, 0.5) is 11.4 Å². The number of nitrogens with zero attached hydrogens (tertiary/aromatic N) is 2. The molecule has 4 aromatic rings. The first-order chi connectivity index (χ1) is 17.7. The maximum absolute atomic E-state index is 12.8. The predicted octanol–water partition coefficient (Wildman–Crippen LogP) is 5.55. The smallest absolute Gasteiger partial charge is 0.255 e. The summed E-state index contributed by atoms with van der Waals surface area (Å²) in [6, 6.07) is 23.2. The number of halogens is 1. The topological polar surface area (TPSA) is 88.6 Å². The van der Waals surface area contributed by atoms with Crippen LogP contribution >= 0.6 is 11.6 Å². The average Bonchev–Trinajstić information content (AvgIpc) is 2.88. The highest BCUT2D eigenvalue weighted by atomic mass is 35.5. The van der Waals surface area contributed by atoms with Crippen LogP contribution in [0.15, 0.2) is 91.3 Å². The van der Waals surface area contributed by atoms with Gasteiger partial charge < -0.3 is 10.1 Å². The summed E-state index contributed by atoms with van der Waals surface area (Å²) >= 11 is 6.11. The fraction of sp³-hybridized carbons (Fsp3) is 0.143. The van der Waals surface area contributed by atoms with E-state index in [0.29, 0.717) is 33.3 Å². The fourth-order valence-electron chi connectivity index (χ4n) is 3.81. The second-order valence-corrected chi connectivity index (χ2v) is 10.8. The summed E-state index contributed by atoms with van der Waals surface area (Å²) in [6.45, 7) is 0.0520. The highest BCUT2D eigenvalue weighted by molar-refractivity contribution is 7.92. The Morgan fingerprint density at radius 3 is 2.16 bits per heavy atom. The van der Waals surface area contributed by atoms with Crippen molar-refractivity contribution in [3.63, 3.8) is 0 Å². The third-order valence-electron chi connectivity index (χ3n) is 5.72. The molecule has 1 N–H and O–H groups in total. The van der Waals surface area contributed by atoms with Crippen molar-refractivity contribution in [1.29, 1.82) is 0 Å². The lowest BCUT2D eigenvalue weighted by molar-refractivity contribution is 0.102. The van der Waals surface area contributed by atoms with Gasteiger partial charge in [-0.1, -0.05) is 35.9 Å². The van der Waals surface area contributed by atoms with E-state index < -0.39 is 10.0 Å². The minimum atomic E-state index is -3.64. The normalized spacial score (nSPS) is 11.1. The van der Waals surface area contributed by atoms with Gasteiger partial charge in [-0.15, -0.1) is 0 Å². The third kappa shape index (κ3) is 6.87. The first-order valence-electron chi connectivity index (χ1n) is 11.4. The Labute approximate surface area is 221 Å². The molecule has 7 nitrogen and oxygen atoms in total. The number of carbonyl (C=O) groups is 1. The summed E-state index contributed by atoms with van der Waals surface area (Å²) in [5.41, 5.74) is 4.46. The molecular weight excluding hydrogens is 510 g/mol. The van der Waals surface area contributed by atoms with E-state index >= 15 is 0 Å². The first kappa shape index (κ1) is 26.2. The maximum atomic E-state index is 12.8. The van der Waals surface area contributed by atoms with E-state index in [2.05, 4.69) is 10.3 Å². The zero-order valence-electron chi connectivity index (χ0n) is 20.4. The second-order valence-electron chi connectivity index (χ2n) is 8.47. The minimum absolute atomic E-state index is 0.0520. The summed E-state index contributed by atoms with van der Waals surface area (Å²) in [7, 11) is -2.18. The van der Waals surface area contributed by atoms with Crippen molar-refractivity contribution in [1.82, 2.24) is 4.98 Å². The molecule has 0 fully saturated rings. The minimum Gasteiger partial charge on any atom is -0.495 e. The van der Waals surface area contributed by atoms with Crippen LogP contribution in [0.25, 0.3) is 0 Å². The zero-order chi connectivity index (χ0) is 26.4. The average molecular weight is 536 g/mol. The number of benzene rings is 3. The molecule has 0 aliphatic heterocycles. The largest absolute Gasteiger partial charge is 0.495 e. The van der Waals surface area contributed by atoms with Gasteiger partial charge in [0.05, 0.1) is 25.6 Å². The number of pyridine rings is 1. The summed E-state index contributed by atoms with van der Waals surface area (Å²) in [5.74, 6) is 0.127. The van der Waals surface area contributed by atoms with Crippen LogP contribution in [0.1, 0.15) is 27.0 Å². The molecule has 190 valence electrons. The van der Waals surface area contributed by atoms with Crippen molar-refractivity contribution >= 4 is 38.9 Å². The summed E-state index contributed by atoms with van der Waals surface area (Å²) in [5, 5.41) is 3.29. The molecule has 9 heteroatoms. The molecule has 0 aliphatic carbocycles. The van der Waals surface area contributed by atoms with E-state index in [-0.39, 0.29) is 12.5 Å². The molecule has 0 saturated heterocycles. The Bertz CT molecular complexity index is 1480.